The van der Waals surface area contributed by atoms with Gasteiger partial charge in [-0.3, -0.25) is 10.1 Å². The van der Waals surface area contributed by atoms with Crippen molar-refractivity contribution in [2.45, 2.75) is 37.1 Å². The Hall–Kier alpha value is -2.72. The summed E-state index contributed by atoms with van der Waals surface area (Å²) in [5.41, 5.74) is 0.877. The van der Waals surface area contributed by atoms with Crippen LogP contribution in [-0.4, -0.2) is 49.8 Å². The van der Waals surface area contributed by atoms with Gasteiger partial charge < -0.3 is 10.2 Å². The summed E-state index contributed by atoms with van der Waals surface area (Å²) in [4.78, 5) is 17.2. The first kappa shape index (κ1) is 22.0. The molecule has 0 radical (unpaired) electrons. The molecule has 0 amide bonds. The van der Waals surface area contributed by atoms with Crippen LogP contribution in [0.1, 0.15) is 31.2 Å². The van der Waals surface area contributed by atoms with E-state index in [0.717, 1.165) is 43.1 Å². The molecule has 162 valence electrons. The molecule has 1 aliphatic heterocycles. The van der Waals surface area contributed by atoms with Gasteiger partial charge in [-0.05, 0) is 31.0 Å². The van der Waals surface area contributed by atoms with E-state index in [4.69, 9.17) is 0 Å². The molecule has 1 aromatic carbocycles. The zero-order chi connectivity index (χ0) is 21.7. The van der Waals surface area contributed by atoms with E-state index in [0.29, 0.717) is 19.6 Å². The summed E-state index contributed by atoms with van der Waals surface area (Å²) < 4.78 is 27.4. The van der Waals surface area contributed by atoms with Crippen LogP contribution < -0.4 is 10.2 Å². The van der Waals surface area contributed by atoms with Gasteiger partial charge in [0.25, 0.3) is 5.69 Å². The number of pyridine rings is 1. The van der Waals surface area contributed by atoms with Gasteiger partial charge in [0, 0.05) is 51.6 Å². The van der Waals surface area contributed by atoms with E-state index >= 15 is 0 Å². The van der Waals surface area contributed by atoms with Crippen molar-refractivity contribution in [3.63, 3.8) is 0 Å². The zero-order valence-electron chi connectivity index (χ0n) is 17.2. The van der Waals surface area contributed by atoms with Crippen molar-refractivity contribution in [2.24, 2.45) is 0 Å². The summed E-state index contributed by atoms with van der Waals surface area (Å²) >= 11 is 0. The second kappa shape index (κ2) is 9.40. The van der Waals surface area contributed by atoms with Gasteiger partial charge in [0.1, 0.15) is 11.5 Å². The Bertz CT molecular complexity index is 1000. The number of hydrogen-bond donors (Lipinski definition) is 1. The van der Waals surface area contributed by atoms with E-state index in [1.807, 2.05) is 25.1 Å². The number of hydrogen-bond acceptors (Lipinski definition) is 7. The van der Waals surface area contributed by atoms with E-state index in [9.17, 15) is 18.5 Å². The fourth-order valence-electron chi connectivity index (χ4n) is 3.56. The van der Waals surface area contributed by atoms with Crippen LogP contribution in [0, 0.1) is 10.1 Å². The summed E-state index contributed by atoms with van der Waals surface area (Å²) in [5.74, 6) is 0.757. The monoisotopic (exact) mass is 433 g/mol. The Kier molecular flexibility index (Phi) is 6.88. The van der Waals surface area contributed by atoms with Crippen LogP contribution in [0.3, 0.4) is 0 Å². The zero-order valence-corrected chi connectivity index (χ0v) is 18.1. The molecule has 0 saturated carbocycles. The maximum atomic E-state index is 13.0. The van der Waals surface area contributed by atoms with Gasteiger partial charge in [0.05, 0.1) is 9.82 Å². The highest BCUT2D eigenvalue weighted by atomic mass is 32.2. The lowest BCUT2D eigenvalue weighted by molar-refractivity contribution is -0.384. The first-order valence-corrected chi connectivity index (χ1v) is 11.4. The van der Waals surface area contributed by atoms with Crippen LogP contribution in [0.15, 0.2) is 41.4 Å². The number of sulfonamides is 1. The Labute approximate surface area is 176 Å². The van der Waals surface area contributed by atoms with Crippen molar-refractivity contribution in [1.82, 2.24) is 9.29 Å². The highest BCUT2D eigenvalue weighted by molar-refractivity contribution is 7.89. The minimum Gasteiger partial charge on any atom is -0.375 e. The average Bonchev–Trinajstić information content (AvgIpc) is 3.02. The SMILES string of the molecule is CN(C)c1ncccc1CNc1ccc(S(=O)(=O)N2CCCCCC2)cc1[N+](=O)[O-]. The molecule has 1 saturated heterocycles. The van der Waals surface area contributed by atoms with Gasteiger partial charge in [-0.15, -0.1) is 0 Å². The molecule has 2 heterocycles. The average molecular weight is 434 g/mol. The van der Waals surface area contributed by atoms with Crippen LogP contribution in [0.4, 0.5) is 17.2 Å². The lowest BCUT2D eigenvalue weighted by Gasteiger charge is -2.20. The summed E-state index contributed by atoms with van der Waals surface area (Å²) in [6, 6.07) is 7.74. The minimum absolute atomic E-state index is 0.0444. The quantitative estimate of drug-likeness (QED) is 0.527. The van der Waals surface area contributed by atoms with Crippen LogP contribution in [0.5, 0.6) is 0 Å². The number of aromatic nitrogens is 1. The molecule has 10 heteroatoms. The normalized spacial score (nSPS) is 15.4. The summed E-state index contributed by atoms with van der Waals surface area (Å²) in [5, 5.41) is 14.7. The number of nitro groups is 1. The summed E-state index contributed by atoms with van der Waals surface area (Å²) in [6.07, 6.45) is 5.29. The standard InChI is InChI=1S/C20H27N5O4S/c1-23(2)20-16(8-7-11-21-20)15-22-18-10-9-17(14-19(18)25(26)27)30(28,29)24-12-5-3-4-6-13-24/h7-11,14,22H,3-6,12-13,15H2,1-2H3. The molecule has 1 aliphatic rings. The van der Waals surface area contributed by atoms with Gasteiger partial charge in [-0.25, -0.2) is 13.4 Å². The van der Waals surface area contributed by atoms with Crippen molar-refractivity contribution in [1.29, 1.82) is 0 Å². The molecule has 1 aromatic heterocycles. The number of nitrogens with zero attached hydrogens (tertiary/aromatic N) is 4. The third-order valence-electron chi connectivity index (χ3n) is 5.13. The van der Waals surface area contributed by atoms with Gasteiger partial charge in [-0.2, -0.15) is 4.31 Å². The molecule has 0 atom stereocenters. The molecular formula is C20H27N5O4S. The lowest BCUT2D eigenvalue weighted by atomic mass is 10.2. The fraction of sp³-hybridized carbons (Fsp3) is 0.450. The van der Waals surface area contributed by atoms with Crippen LogP contribution >= 0.6 is 0 Å². The maximum Gasteiger partial charge on any atom is 0.293 e. The molecule has 2 aromatic rings. The largest absolute Gasteiger partial charge is 0.375 e. The number of benzene rings is 1. The van der Waals surface area contributed by atoms with Crippen LogP contribution in [0.25, 0.3) is 0 Å². The predicted molar refractivity (Wildman–Crippen MR) is 116 cm³/mol. The molecule has 1 fully saturated rings. The second-order valence-electron chi connectivity index (χ2n) is 7.49. The Morgan fingerprint density at radius 3 is 2.50 bits per heavy atom. The number of rotatable bonds is 7. The fourth-order valence-corrected chi connectivity index (χ4v) is 5.10. The van der Waals surface area contributed by atoms with E-state index < -0.39 is 14.9 Å². The molecule has 0 aliphatic carbocycles. The first-order chi connectivity index (χ1) is 14.3. The second-order valence-corrected chi connectivity index (χ2v) is 9.43. The van der Waals surface area contributed by atoms with Gasteiger partial charge >= 0.3 is 0 Å². The summed E-state index contributed by atoms with van der Waals surface area (Å²) in [6.45, 7) is 1.22. The predicted octanol–water partition coefficient (Wildman–Crippen LogP) is 3.23. The Balaban J connectivity index is 1.86. The van der Waals surface area contributed by atoms with Crippen molar-refractivity contribution >= 4 is 27.2 Å². The van der Waals surface area contributed by atoms with Crippen LogP contribution in [-0.2, 0) is 16.6 Å². The Morgan fingerprint density at radius 1 is 1.17 bits per heavy atom. The van der Waals surface area contributed by atoms with E-state index in [1.165, 1.54) is 16.4 Å². The van der Waals surface area contributed by atoms with Crippen LogP contribution in [0.2, 0.25) is 0 Å². The molecule has 3 rings (SSSR count). The van der Waals surface area contributed by atoms with Crippen molar-refractivity contribution in [3.05, 3.63) is 52.2 Å². The lowest BCUT2D eigenvalue weighted by Crippen LogP contribution is -2.32. The van der Waals surface area contributed by atoms with E-state index in [2.05, 4.69) is 10.3 Å². The highest BCUT2D eigenvalue weighted by Gasteiger charge is 2.28. The first-order valence-electron chi connectivity index (χ1n) is 9.94. The third kappa shape index (κ3) is 4.88. The maximum absolute atomic E-state index is 13.0. The van der Waals surface area contributed by atoms with Gasteiger partial charge in [0.15, 0.2) is 0 Å². The Morgan fingerprint density at radius 2 is 1.87 bits per heavy atom. The smallest absolute Gasteiger partial charge is 0.293 e. The van der Waals surface area contributed by atoms with Gasteiger partial charge in [0.2, 0.25) is 10.0 Å². The highest BCUT2D eigenvalue weighted by Crippen LogP contribution is 2.30. The molecule has 30 heavy (non-hydrogen) atoms. The van der Waals surface area contributed by atoms with E-state index in [-0.39, 0.29) is 16.3 Å². The minimum atomic E-state index is -3.76. The van der Waals surface area contributed by atoms with Crippen molar-refractivity contribution in [3.8, 4) is 0 Å². The molecule has 9 nitrogen and oxygen atoms in total. The number of anilines is 2. The number of nitrogens with one attached hydrogen (secondary N) is 1. The molecule has 0 bridgehead atoms. The van der Waals surface area contributed by atoms with Crippen molar-refractivity contribution in [2.75, 3.05) is 37.4 Å². The molecular weight excluding hydrogens is 406 g/mol. The van der Waals surface area contributed by atoms with E-state index in [1.54, 1.807) is 12.3 Å². The molecule has 0 spiro atoms. The van der Waals surface area contributed by atoms with Crippen molar-refractivity contribution < 1.29 is 13.3 Å². The third-order valence-corrected chi connectivity index (χ3v) is 7.02. The number of nitro benzene ring substituents is 1. The molecule has 0 unspecified atom stereocenters. The topological polar surface area (TPSA) is 109 Å². The molecule has 1 N–H and O–H groups in total. The summed E-state index contributed by atoms with van der Waals surface area (Å²) in [7, 11) is -0.0152. The van der Waals surface area contributed by atoms with Gasteiger partial charge in [-0.1, -0.05) is 18.9 Å².